The standard InChI is InChI=1S/C28H43N7O10/c1-2-45-16-9-22(38)33-19(17-23(39)31-12-10-29-20(36)7-14-34-25(41)3-4-26(34)42)18-24(40)32-13-11-30-21(37)8-15-35-27(43)5-6-28(35)44/h19H,2-18H2,1H3,(H,29,36)(H,30,37)(H,31,39)(H,32,40)(H,33,38). The van der Waals surface area contributed by atoms with Crippen LogP contribution < -0.4 is 26.6 Å². The van der Waals surface area contributed by atoms with Crippen molar-refractivity contribution in [1.29, 1.82) is 0 Å². The zero-order valence-corrected chi connectivity index (χ0v) is 25.6. The van der Waals surface area contributed by atoms with Gasteiger partial charge in [0.25, 0.3) is 0 Å². The minimum Gasteiger partial charge on any atom is -0.381 e. The third kappa shape index (κ3) is 14.3. The normalized spacial score (nSPS) is 14.6. The molecule has 9 amide bonds. The van der Waals surface area contributed by atoms with E-state index in [1.54, 1.807) is 6.92 Å². The number of hydrogen-bond donors (Lipinski definition) is 5. The Hall–Kier alpha value is -4.41. The second kappa shape index (κ2) is 19.8. The molecule has 2 heterocycles. The Morgan fingerprint density at radius 1 is 0.600 bits per heavy atom. The summed E-state index contributed by atoms with van der Waals surface area (Å²) in [6.45, 7) is 2.71. The molecule has 45 heavy (non-hydrogen) atoms. The molecule has 17 nitrogen and oxygen atoms in total. The molecule has 0 aromatic carbocycles. The lowest BCUT2D eigenvalue weighted by Gasteiger charge is -2.19. The number of nitrogens with zero attached hydrogens (tertiary/aromatic N) is 2. The number of carbonyl (C=O) groups excluding carboxylic acids is 9. The predicted octanol–water partition coefficient (Wildman–Crippen LogP) is -2.78. The van der Waals surface area contributed by atoms with Gasteiger partial charge in [0.1, 0.15) is 0 Å². The van der Waals surface area contributed by atoms with Gasteiger partial charge in [-0.1, -0.05) is 0 Å². The molecule has 0 atom stereocenters. The molecular weight excluding hydrogens is 594 g/mol. The summed E-state index contributed by atoms with van der Waals surface area (Å²) in [6.07, 6.45) is 0.0850. The number of hydrogen-bond acceptors (Lipinski definition) is 10. The summed E-state index contributed by atoms with van der Waals surface area (Å²) in [5.74, 6) is -3.33. The highest BCUT2D eigenvalue weighted by atomic mass is 16.5. The van der Waals surface area contributed by atoms with Crippen molar-refractivity contribution in [3.05, 3.63) is 0 Å². The fraction of sp³-hybridized carbons (Fsp3) is 0.679. The smallest absolute Gasteiger partial charge is 0.229 e. The molecule has 0 saturated carbocycles. The molecule has 17 heteroatoms. The first-order valence-electron chi connectivity index (χ1n) is 15.1. The zero-order chi connectivity index (χ0) is 33.2. The zero-order valence-electron chi connectivity index (χ0n) is 25.6. The van der Waals surface area contributed by atoms with Crippen LogP contribution in [-0.2, 0) is 47.9 Å². The molecular formula is C28H43N7O10. The second-order valence-corrected chi connectivity index (χ2v) is 10.4. The van der Waals surface area contributed by atoms with Crippen LogP contribution in [0.3, 0.4) is 0 Å². The maximum Gasteiger partial charge on any atom is 0.229 e. The Morgan fingerprint density at radius 3 is 1.36 bits per heavy atom. The largest absolute Gasteiger partial charge is 0.381 e. The first kappa shape index (κ1) is 36.8. The lowest BCUT2D eigenvalue weighted by molar-refractivity contribution is -0.140. The quantitative estimate of drug-likeness (QED) is 0.0642. The van der Waals surface area contributed by atoms with E-state index in [1.165, 1.54) is 0 Å². The van der Waals surface area contributed by atoms with Crippen molar-refractivity contribution < 1.29 is 47.9 Å². The van der Waals surface area contributed by atoms with Crippen LogP contribution in [0, 0.1) is 0 Å². The maximum absolute atomic E-state index is 12.5. The monoisotopic (exact) mass is 637 g/mol. The summed E-state index contributed by atoms with van der Waals surface area (Å²) in [7, 11) is 0. The van der Waals surface area contributed by atoms with Crippen molar-refractivity contribution in [3.63, 3.8) is 0 Å². The fourth-order valence-electron chi connectivity index (χ4n) is 4.53. The van der Waals surface area contributed by atoms with E-state index in [4.69, 9.17) is 4.74 Å². The van der Waals surface area contributed by atoms with E-state index in [2.05, 4.69) is 26.6 Å². The van der Waals surface area contributed by atoms with E-state index in [9.17, 15) is 43.2 Å². The number of nitrogens with one attached hydrogen (secondary N) is 5. The van der Waals surface area contributed by atoms with E-state index in [0.29, 0.717) is 6.61 Å². The minimum absolute atomic E-state index is 0.00195. The van der Waals surface area contributed by atoms with Gasteiger partial charge in [-0.3, -0.25) is 53.0 Å². The van der Waals surface area contributed by atoms with Gasteiger partial charge in [-0.05, 0) is 6.92 Å². The Labute approximate surface area is 260 Å². The highest BCUT2D eigenvalue weighted by Crippen LogP contribution is 2.12. The van der Waals surface area contributed by atoms with Gasteiger partial charge < -0.3 is 31.3 Å². The van der Waals surface area contributed by atoms with Crippen LogP contribution in [0.2, 0.25) is 0 Å². The summed E-state index contributed by atoms with van der Waals surface area (Å²) in [5.41, 5.74) is 0. The van der Waals surface area contributed by atoms with Crippen LogP contribution in [0.15, 0.2) is 0 Å². The van der Waals surface area contributed by atoms with Gasteiger partial charge in [-0.25, -0.2) is 0 Å². The molecule has 5 N–H and O–H groups in total. The lowest BCUT2D eigenvalue weighted by Crippen LogP contribution is -2.44. The highest BCUT2D eigenvalue weighted by molar-refractivity contribution is 6.02. The number of ether oxygens (including phenoxy) is 1. The van der Waals surface area contributed by atoms with Crippen molar-refractivity contribution >= 4 is 53.2 Å². The first-order valence-corrected chi connectivity index (χ1v) is 15.1. The van der Waals surface area contributed by atoms with Crippen molar-refractivity contribution in [1.82, 2.24) is 36.4 Å². The summed E-state index contributed by atoms with van der Waals surface area (Å²) >= 11 is 0. The predicted molar refractivity (Wildman–Crippen MR) is 155 cm³/mol. The Morgan fingerprint density at radius 2 is 0.978 bits per heavy atom. The number of likely N-dealkylation sites (tertiary alicyclic amines) is 2. The second-order valence-electron chi connectivity index (χ2n) is 10.4. The topological polar surface area (TPSA) is 229 Å². The first-order chi connectivity index (χ1) is 21.5. The molecule has 0 spiro atoms. The fourth-order valence-corrected chi connectivity index (χ4v) is 4.53. The molecule has 2 aliphatic rings. The van der Waals surface area contributed by atoms with Crippen LogP contribution >= 0.6 is 0 Å². The Kier molecular flexibility index (Phi) is 16.2. The number of rotatable bonds is 21. The maximum atomic E-state index is 12.5. The highest BCUT2D eigenvalue weighted by Gasteiger charge is 2.29. The summed E-state index contributed by atoms with van der Waals surface area (Å²) in [4.78, 5) is 110. The van der Waals surface area contributed by atoms with Gasteiger partial charge in [0.05, 0.1) is 6.61 Å². The molecule has 0 radical (unpaired) electrons. The molecule has 250 valence electrons. The number of imide groups is 2. The molecule has 0 aliphatic carbocycles. The average molecular weight is 638 g/mol. The Bertz CT molecular complexity index is 1020. The summed E-state index contributed by atoms with van der Waals surface area (Å²) in [6, 6.07) is -0.839. The van der Waals surface area contributed by atoms with Crippen molar-refractivity contribution in [3.8, 4) is 0 Å². The van der Waals surface area contributed by atoms with E-state index < -0.39 is 23.8 Å². The van der Waals surface area contributed by atoms with Crippen molar-refractivity contribution in [2.24, 2.45) is 0 Å². The van der Waals surface area contributed by atoms with Gasteiger partial charge in [-0.15, -0.1) is 0 Å². The number of carbonyl (C=O) groups is 9. The lowest BCUT2D eigenvalue weighted by atomic mass is 10.1. The van der Waals surface area contributed by atoms with Gasteiger partial charge >= 0.3 is 0 Å². The molecule has 2 aliphatic heterocycles. The van der Waals surface area contributed by atoms with Gasteiger partial charge in [0.15, 0.2) is 0 Å². The average Bonchev–Trinajstić information content (AvgIpc) is 3.49. The molecule has 2 saturated heterocycles. The minimum atomic E-state index is -0.839. The molecule has 2 rings (SSSR count). The number of amides is 9. The molecule has 0 aromatic heterocycles. The third-order valence-corrected chi connectivity index (χ3v) is 6.88. The Balaban J connectivity index is 1.69. The molecule has 2 fully saturated rings. The van der Waals surface area contributed by atoms with Crippen molar-refractivity contribution in [2.75, 3.05) is 52.5 Å². The SMILES string of the molecule is CCOCCC(=O)NC(CC(=O)NCCNC(=O)CCN1C(=O)CCC1=O)CC(=O)NCCNC(=O)CCN1C(=O)CCC1=O. The molecule has 0 aromatic rings. The van der Waals surface area contributed by atoms with Crippen LogP contribution in [-0.4, -0.2) is 121 Å². The van der Waals surface area contributed by atoms with Gasteiger partial charge in [-0.2, -0.15) is 0 Å². The van der Waals surface area contributed by atoms with E-state index in [-0.39, 0.29) is 139 Å². The third-order valence-electron chi connectivity index (χ3n) is 6.88. The van der Waals surface area contributed by atoms with E-state index in [1.807, 2.05) is 0 Å². The molecule has 0 unspecified atom stereocenters. The van der Waals surface area contributed by atoms with E-state index >= 15 is 0 Å². The van der Waals surface area contributed by atoms with Crippen LogP contribution in [0.4, 0.5) is 0 Å². The summed E-state index contributed by atoms with van der Waals surface area (Å²) < 4.78 is 5.17. The van der Waals surface area contributed by atoms with Crippen molar-refractivity contribution in [2.45, 2.75) is 70.8 Å². The molecule has 0 bridgehead atoms. The van der Waals surface area contributed by atoms with Crippen LogP contribution in [0.5, 0.6) is 0 Å². The van der Waals surface area contributed by atoms with Gasteiger partial charge in [0, 0.05) is 110 Å². The van der Waals surface area contributed by atoms with E-state index in [0.717, 1.165) is 9.80 Å². The summed E-state index contributed by atoms with van der Waals surface area (Å²) in [5, 5.41) is 13.0. The van der Waals surface area contributed by atoms with Crippen LogP contribution in [0.1, 0.15) is 64.7 Å². The van der Waals surface area contributed by atoms with Crippen LogP contribution in [0.25, 0.3) is 0 Å². The van der Waals surface area contributed by atoms with Gasteiger partial charge in [0.2, 0.25) is 53.2 Å².